The zero-order valence-corrected chi connectivity index (χ0v) is 12.1. The predicted octanol–water partition coefficient (Wildman–Crippen LogP) is 2.56. The van der Waals surface area contributed by atoms with E-state index in [2.05, 4.69) is 15.5 Å². The highest BCUT2D eigenvalue weighted by molar-refractivity contribution is 8.01. The van der Waals surface area contributed by atoms with Crippen molar-refractivity contribution in [2.24, 2.45) is 0 Å². The van der Waals surface area contributed by atoms with Gasteiger partial charge in [0.15, 0.2) is 4.34 Å². The zero-order chi connectivity index (χ0) is 13.5. The summed E-state index contributed by atoms with van der Waals surface area (Å²) < 4.78 is 19.6. The van der Waals surface area contributed by atoms with Gasteiger partial charge in [0, 0.05) is 20.2 Å². The van der Waals surface area contributed by atoms with Crippen LogP contribution in [-0.2, 0) is 11.3 Å². The van der Waals surface area contributed by atoms with Crippen molar-refractivity contribution < 1.29 is 9.13 Å². The molecule has 1 aromatic heterocycles. The van der Waals surface area contributed by atoms with Gasteiger partial charge in [0.05, 0.1) is 11.5 Å². The Hall–Kier alpha value is -1.02. The number of nitrogens with one attached hydrogen (secondary N) is 1. The molecule has 2 rings (SSSR count). The van der Waals surface area contributed by atoms with Gasteiger partial charge >= 0.3 is 0 Å². The Kier molecular flexibility index (Phi) is 5.71. The largest absolute Gasteiger partial charge is 0.383 e. The van der Waals surface area contributed by atoms with Crippen molar-refractivity contribution >= 4 is 23.1 Å². The van der Waals surface area contributed by atoms with Crippen molar-refractivity contribution in [2.75, 3.05) is 20.3 Å². The van der Waals surface area contributed by atoms with Gasteiger partial charge in [0.1, 0.15) is 11.3 Å². The van der Waals surface area contributed by atoms with Gasteiger partial charge in [0.25, 0.3) is 0 Å². The summed E-state index contributed by atoms with van der Waals surface area (Å²) >= 11 is 2.69. The Balaban J connectivity index is 1.93. The van der Waals surface area contributed by atoms with E-state index in [1.807, 2.05) is 6.07 Å². The molecule has 1 N–H and O–H groups in total. The summed E-state index contributed by atoms with van der Waals surface area (Å²) in [7, 11) is 1.65. The maximum Gasteiger partial charge on any atom is 0.178 e. The Bertz CT molecular complexity index is 508. The van der Waals surface area contributed by atoms with Gasteiger partial charge in [-0.3, -0.25) is 0 Å². The van der Waals surface area contributed by atoms with Crippen LogP contribution >= 0.6 is 23.1 Å². The molecular formula is C12H14FN3OS2. The van der Waals surface area contributed by atoms with Crippen LogP contribution in [0.1, 0.15) is 5.56 Å². The molecule has 0 radical (unpaired) electrons. The summed E-state index contributed by atoms with van der Waals surface area (Å²) in [4.78, 5) is 0.567. The SMILES string of the molecule is COCCNCc1ccc(Sc2nncs2)c(F)c1. The normalized spacial score (nSPS) is 10.8. The van der Waals surface area contributed by atoms with Crippen LogP contribution in [0.3, 0.4) is 0 Å². The van der Waals surface area contributed by atoms with Crippen LogP contribution in [0, 0.1) is 5.82 Å². The summed E-state index contributed by atoms with van der Waals surface area (Å²) in [5.41, 5.74) is 2.55. The molecule has 1 heterocycles. The molecule has 19 heavy (non-hydrogen) atoms. The van der Waals surface area contributed by atoms with Gasteiger partial charge in [-0.1, -0.05) is 29.2 Å². The number of hydrogen-bond donors (Lipinski definition) is 1. The minimum absolute atomic E-state index is 0.230. The van der Waals surface area contributed by atoms with Gasteiger partial charge in [-0.25, -0.2) is 4.39 Å². The van der Waals surface area contributed by atoms with Gasteiger partial charge < -0.3 is 10.1 Å². The molecular weight excluding hydrogens is 285 g/mol. The van der Waals surface area contributed by atoms with Gasteiger partial charge in [-0.15, -0.1) is 10.2 Å². The highest BCUT2D eigenvalue weighted by atomic mass is 32.2. The van der Waals surface area contributed by atoms with E-state index in [0.29, 0.717) is 18.0 Å². The third kappa shape index (κ3) is 4.54. The fourth-order valence-electron chi connectivity index (χ4n) is 1.45. The highest BCUT2D eigenvalue weighted by Gasteiger charge is 2.07. The number of ether oxygens (including phenoxy) is 1. The molecule has 0 aliphatic heterocycles. The second-order valence-electron chi connectivity index (χ2n) is 3.74. The number of methoxy groups -OCH3 is 1. The molecule has 0 aliphatic rings. The molecule has 0 aliphatic carbocycles. The van der Waals surface area contributed by atoms with Crippen LogP contribution in [0.2, 0.25) is 0 Å². The van der Waals surface area contributed by atoms with Crippen molar-refractivity contribution in [1.29, 1.82) is 0 Å². The van der Waals surface area contributed by atoms with Crippen LogP contribution in [0.15, 0.2) is 32.9 Å². The van der Waals surface area contributed by atoms with Crippen LogP contribution in [0.4, 0.5) is 4.39 Å². The molecule has 4 nitrogen and oxygen atoms in total. The molecule has 0 spiro atoms. The number of halogens is 1. The average Bonchev–Trinajstić information content (AvgIpc) is 2.91. The molecule has 102 valence electrons. The van der Waals surface area contributed by atoms with E-state index in [9.17, 15) is 4.39 Å². The number of aromatic nitrogens is 2. The van der Waals surface area contributed by atoms with E-state index in [4.69, 9.17) is 4.74 Å². The van der Waals surface area contributed by atoms with Crippen LogP contribution in [0.25, 0.3) is 0 Å². The second kappa shape index (κ2) is 7.54. The van der Waals surface area contributed by atoms with Crippen molar-refractivity contribution in [2.45, 2.75) is 15.8 Å². The smallest absolute Gasteiger partial charge is 0.178 e. The molecule has 0 bridgehead atoms. The van der Waals surface area contributed by atoms with Gasteiger partial charge in [-0.2, -0.15) is 0 Å². The standard InChI is InChI=1S/C12H14FN3OS2/c1-17-5-4-14-7-9-2-3-11(10(13)6-9)19-12-16-15-8-18-12/h2-3,6,8,14H,4-5,7H2,1H3. The Morgan fingerprint density at radius 3 is 3.05 bits per heavy atom. The van der Waals surface area contributed by atoms with Crippen LogP contribution in [-0.4, -0.2) is 30.5 Å². The first-order valence-electron chi connectivity index (χ1n) is 5.71. The lowest BCUT2D eigenvalue weighted by molar-refractivity contribution is 0.199. The predicted molar refractivity (Wildman–Crippen MR) is 74.0 cm³/mol. The van der Waals surface area contributed by atoms with Crippen molar-refractivity contribution in [3.63, 3.8) is 0 Å². The van der Waals surface area contributed by atoms with E-state index >= 15 is 0 Å². The summed E-state index contributed by atoms with van der Waals surface area (Å²) in [6.07, 6.45) is 0. The lowest BCUT2D eigenvalue weighted by Gasteiger charge is -2.06. The second-order valence-corrected chi connectivity index (χ2v) is 5.86. The Morgan fingerprint density at radius 1 is 1.47 bits per heavy atom. The van der Waals surface area contributed by atoms with Crippen LogP contribution < -0.4 is 5.32 Å². The van der Waals surface area contributed by atoms with E-state index in [1.165, 1.54) is 23.1 Å². The summed E-state index contributed by atoms with van der Waals surface area (Å²) in [6.45, 7) is 2.02. The molecule has 0 atom stereocenters. The number of hydrogen-bond acceptors (Lipinski definition) is 6. The third-order valence-electron chi connectivity index (χ3n) is 2.35. The highest BCUT2D eigenvalue weighted by Crippen LogP contribution is 2.30. The van der Waals surface area contributed by atoms with E-state index in [1.54, 1.807) is 24.8 Å². The summed E-state index contributed by atoms with van der Waals surface area (Å²) in [5.74, 6) is -0.230. The molecule has 0 amide bonds. The number of rotatable bonds is 7. The lowest BCUT2D eigenvalue weighted by atomic mass is 10.2. The number of benzene rings is 1. The Morgan fingerprint density at radius 2 is 2.37 bits per heavy atom. The zero-order valence-electron chi connectivity index (χ0n) is 10.4. The number of nitrogens with zero attached hydrogens (tertiary/aromatic N) is 2. The quantitative estimate of drug-likeness (QED) is 0.796. The topological polar surface area (TPSA) is 47.0 Å². The first-order chi connectivity index (χ1) is 9.29. The maximum absolute atomic E-state index is 13.9. The molecule has 0 saturated heterocycles. The van der Waals surface area contributed by atoms with Crippen molar-refractivity contribution in [3.8, 4) is 0 Å². The molecule has 0 fully saturated rings. The lowest BCUT2D eigenvalue weighted by Crippen LogP contribution is -2.18. The van der Waals surface area contributed by atoms with E-state index < -0.39 is 0 Å². The average molecular weight is 299 g/mol. The molecule has 0 unspecified atom stereocenters. The first kappa shape index (κ1) is 14.4. The fourth-order valence-corrected chi connectivity index (χ4v) is 2.88. The molecule has 1 aromatic carbocycles. The van der Waals surface area contributed by atoms with Gasteiger partial charge in [0.2, 0.25) is 0 Å². The molecule has 7 heteroatoms. The molecule has 0 saturated carbocycles. The minimum atomic E-state index is -0.230. The fraction of sp³-hybridized carbons (Fsp3) is 0.333. The monoisotopic (exact) mass is 299 g/mol. The van der Waals surface area contributed by atoms with Crippen molar-refractivity contribution in [3.05, 3.63) is 35.1 Å². The summed E-state index contributed by atoms with van der Waals surface area (Å²) in [6, 6.07) is 5.23. The molecule has 2 aromatic rings. The van der Waals surface area contributed by atoms with Crippen molar-refractivity contribution in [1.82, 2.24) is 15.5 Å². The third-order valence-corrected chi connectivity index (χ3v) is 4.17. The summed E-state index contributed by atoms with van der Waals surface area (Å²) in [5, 5.41) is 10.8. The van der Waals surface area contributed by atoms with E-state index in [-0.39, 0.29) is 5.82 Å². The maximum atomic E-state index is 13.9. The van der Waals surface area contributed by atoms with Crippen LogP contribution in [0.5, 0.6) is 0 Å². The minimum Gasteiger partial charge on any atom is -0.383 e. The van der Waals surface area contributed by atoms with E-state index in [0.717, 1.165) is 16.4 Å². The first-order valence-corrected chi connectivity index (χ1v) is 7.41. The van der Waals surface area contributed by atoms with Gasteiger partial charge in [-0.05, 0) is 17.7 Å². The Labute approximate surface area is 119 Å².